The predicted molar refractivity (Wildman–Crippen MR) is 119 cm³/mol. The van der Waals surface area contributed by atoms with Crippen LogP contribution in [0, 0.1) is 5.92 Å². The molecule has 1 N–H and O–H groups in total. The first kappa shape index (κ1) is 21.5. The summed E-state index contributed by atoms with van der Waals surface area (Å²) < 4.78 is 27.2. The fourth-order valence-electron chi connectivity index (χ4n) is 4.42. The normalized spacial score (nSPS) is 20.3. The Bertz CT molecular complexity index is 918. The number of piperidine rings is 1. The molecule has 1 amide bonds. The summed E-state index contributed by atoms with van der Waals surface area (Å²) in [6.07, 6.45) is 3.54. The molecule has 2 aromatic rings. The topological polar surface area (TPSA) is 69.7 Å². The van der Waals surface area contributed by atoms with E-state index in [1.165, 1.54) is 34.0 Å². The lowest BCUT2D eigenvalue weighted by Gasteiger charge is -2.32. The molecule has 6 nitrogen and oxygen atoms in total. The van der Waals surface area contributed by atoms with Gasteiger partial charge in [-0.1, -0.05) is 36.4 Å². The molecular weight excluding hydrogens is 418 g/mol. The highest BCUT2D eigenvalue weighted by molar-refractivity contribution is 7.91. The lowest BCUT2D eigenvalue weighted by Crippen LogP contribution is -2.44. The molecule has 2 fully saturated rings. The van der Waals surface area contributed by atoms with E-state index in [1.54, 1.807) is 17.5 Å². The van der Waals surface area contributed by atoms with Crippen LogP contribution in [0.15, 0.2) is 52.1 Å². The molecule has 2 saturated heterocycles. The first-order valence-electron chi connectivity index (χ1n) is 10.7. The molecule has 2 aliphatic heterocycles. The number of carbonyl (C=O) groups is 1. The van der Waals surface area contributed by atoms with Gasteiger partial charge in [0.2, 0.25) is 5.91 Å². The maximum Gasteiger partial charge on any atom is 0.252 e. The van der Waals surface area contributed by atoms with Crippen LogP contribution in [0.1, 0.15) is 37.3 Å². The van der Waals surface area contributed by atoms with Crippen molar-refractivity contribution in [2.24, 2.45) is 5.92 Å². The number of amides is 1. The summed E-state index contributed by atoms with van der Waals surface area (Å²) in [6, 6.07) is 13.9. The van der Waals surface area contributed by atoms with Crippen molar-refractivity contribution in [1.82, 2.24) is 14.5 Å². The number of hydrogen-bond acceptors (Lipinski definition) is 5. The Kier molecular flexibility index (Phi) is 6.87. The average molecular weight is 448 g/mol. The molecule has 0 spiro atoms. The number of sulfonamides is 1. The number of nitrogens with zero attached hydrogens (tertiary/aromatic N) is 2. The molecule has 2 aliphatic rings. The van der Waals surface area contributed by atoms with E-state index in [4.69, 9.17) is 0 Å². The van der Waals surface area contributed by atoms with Crippen LogP contribution in [-0.4, -0.2) is 56.3 Å². The van der Waals surface area contributed by atoms with E-state index in [-0.39, 0.29) is 17.9 Å². The van der Waals surface area contributed by atoms with E-state index in [1.807, 2.05) is 18.2 Å². The van der Waals surface area contributed by atoms with Crippen molar-refractivity contribution in [1.29, 1.82) is 0 Å². The minimum absolute atomic E-state index is 0.0447. The Morgan fingerprint density at radius 1 is 1.03 bits per heavy atom. The molecule has 1 aromatic carbocycles. The summed E-state index contributed by atoms with van der Waals surface area (Å²) in [5.74, 6) is -0.0851. The van der Waals surface area contributed by atoms with E-state index in [2.05, 4.69) is 22.3 Å². The van der Waals surface area contributed by atoms with E-state index in [9.17, 15) is 13.2 Å². The third-order valence-electron chi connectivity index (χ3n) is 6.15. The van der Waals surface area contributed by atoms with E-state index >= 15 is 0 Å². The van der Waals surface area contributed by atoms with Crippen LogP contribution in [0.5, 0.6) is 0 Å². The van der Waals surface area contributed by atoms with Crippen molar-refractivity contribution in [3.05, 3.63) is 53.4 Å². The maximum absolute atomic E-state index is 12.8. The number of carbonyl (C=O) groups excluding carboxylic acids is 1. The first-order chi connectivity index (χ1) is 14.6. The molecule has 4 rings (SSSR count). The van der Waals surface area contributed by atoms with Gasteiger partial charge in [-0.2, -0.15) is 4.31 Å². The number of rotatable bonds is 7. The molecular formula is C22H29N3O3S2. The zero-order valence-electron chi connectivity index (χ0n) is 17.1. The SMILES string of the molecule is O=C(NCC(c1ccccc1)N1CCCC1)C1CCN(S(=O)(=O)c2cccs2)CC1. The van der Waals surface area contributed by atoms with Gasteiger partial charge in [-0.05, 0) is 55.8 Å². The molecule has 0 aliphatic carbocycles. The molecule has 3 heterocycles. The van der Waals surface area contributed by atoms with Crippen molar-refractivity contribution < 1.29 is 13.2 Å². The zero-order valence-corrected chi connectivity index (χ0v) is 18.7. The summed E-state index contributed by atoms with van der Waals surface area (Å²) in [5.41, 5.74) is 1.23. The van der Waals surface area contributed by atoms with Gasteiger partial charge in [0.1, 0.15) is 4.21 Å². The molecule has 0 radical (unpaired) electrons. The molecule has 0 bridgehead atoms. The van der Waals surface area contributed by atoms with Gasteiger partial charge in [-0.3, -0.25) is 9.69 Å². The minimum atomic E-state index is -3.43. The first-order valence-corrected chi connectivity index (χ1v) is 13.0. The number of hydrogen-bond donors (Lipinski definition) is 1. The highest BCUT2D eigenvalue weighted by Crippen LogP contribution is 2.27. The molecule has 1 aromatic heterocycles. The number of likely N-dealkylation sites (tertiary alicyclic amines) is 1. The van der Waals surface area contributed by atoms with Gasteiger partial charge < -0.3 is 5.32 Å². The molecule has 8 heteroatoms. The molecule has 0 saturated carbocycles. The number of thiophene rings is 1. The number of benzene rings is 1. The lowest BCUT2D eigenvalue weighted by molar-refractivity contribution is -0.126. The third kappa shape index (κ3) is 4.77. The van der Waals surface area contributed by atoms with Crippen molar-refractivity contribution in [3.8, 4) is 0 Å². The summed E-state index contributed by atoms with van der Waals surface area (Å²) in [6.45, 7) is 3.51. The molecule has 1 unspecified atom stereocenters. The summed E-state index contributed by atoms with van der Waals surface area (Å²) >= 11 is 1.24. The van der Waals surface area contributed by atoms with Crippen LogP contribution in [-0.2, 0) is 14.8 Å². The molecule has 30 heavy (non-hydrogen) atoms. The standard InChI is InChI=1S/C22H29N3O3S2/c26-22(19-10-14-25(15-11-19)30(27,28)21-9-6-16-29-21)23-17-20(24-12-4-5-13-24)18-7-2-1-3-8-18/h1-3,6-9,16,19-20H,4-5,10-15,17H2,(H,23,26). The lowest BCUT2D eigenvalue weighted by atomic mass is 9.97. The van der Waals surface area contributed by atoms with E-state index in [0.29, 0.717) is 36.7 Å². The second kappa shape index (κ2) is 9.60. The van der Waals surface area contributed by atoms with E-state index < -0.39 is 10.0 Å². The van der Waals surface area contributed by atoms with Gasteiger partial charge in [0, 0.05) is 25.6 Å². The monoisotopic (exact) mass is 447 g/mol. The van der Waals surface area contributed by atoms with E-state index in [0.717, 1.165) is 13.1 Å². The van der Waals surface area contributed by atoms with Crippen molar-refractivity contribution >= 4 is 27.3 Å². The van der Waals surface area contributed by atoms with Gasteiger partial charge in [0.15, 0.2) is 0 Å². The summed E-state index contributed by atoms with van der Waals surface area (Å²) in [5, 5.41) is 4.94. The zero-order chi connectivity index (χ0) is 21.0. The fourth-order valence-corrected chi connectivity index (χ4v) is 7.04. The second-order valence-corrected chi connectivity index (χ2v) is 11.1. The molecule has 1 atom stereocenters. The highest BCUT2D eigenvalue weighted by Gasteiger charge is 2.33. The average Bonchev–Trinajstić information content (AvgIpc) is 3.49. The van der Waals surface area contributed by atoms with Crippen molar-refractivity contribution in [3.63, 3.8) is 0 Å². The van der Waals surface area contributed by atoms with Crippen molar-refractivity contribution in [2.45, 2.75) is 35.9 Å². The summed E-state index contributed by atoms with van der Waals surface area (Å²) in [4.78, 5) is 15.3. The summed E-state index contributed by atoms with van der Waals surface area (Å²) in [7, 11) is -3.43. The van der Waals surface area contributed by atoms with Crippen LogP contribution < -0.4 is 5.32 Å². The van der Waals surface area contributed by atoms with Gasteiger partial charge in [-0.15, -0.1) is 11.3 Å². The Labute approximate surface area is 182 Å². The van der Waals surface area contributed by atoms with Crippen LogP contribution >= 0.6 is 11.3 Å². The Hall–Kier alpha value is -1.74. The van der Waals surface area contributed by atoms with Gasteiger partial charge in [-0.25, -0.2) is 8.42 Å². The highest BCUT2D eigenvalue weighted by atomic mass is 32.2. The second-order valence-electron chi connectivity index (χ2n) is 8.03. The Morgan fingerprint density at radius 3 is 2.37 bits per heavy atom. The third-order valence-corrected chi connectivity index (χ3v) is 9.42. The van der Waals surface area contributed by atoms with Crippen LogP contribution in [0.4, 0.5) is 0 Å². The quantitative estimate of drug-likeness (QED) is 0.708. The number of nitrogens with one attached hydrogen (secondary N) is 1. The largest absolute Gasteiger partial charge is 0.354 e. The van der Waals surface area contributed by atoms with Gasteiger partial charge in [0.25, 0.3) is 10.0 Å². The fraction of sp³-hybridized carbons (Fsp3) is 0.500. The maximum atomic E-state index is 12.8. The van der Waals surface area contributed by atoms with Crippen LogP contribution in [0.3, 0.4) is 0 Å². The predicted octanol–water partition coefficient (Wildman–Crippen LogP) is 3.10. The van der Waals surface area contributed by atoms with Crippen LogP contribution in [0.25, 0.3) is 0 Å². The van der Waals surface area contributed by atoms with Gasteiger partial charge in [0.05, 0.1) is 6.04 Å². The Balaban J connectivity index is 1.33. The van der Waals surface area contributed by atoms with Gasteiger partial charge >= 0.3 is 0 Å². The minimum Gasteiger partial charge on any atom is -0.354 e. The van der Waals surface area contributed by atoms with Crippen LogP contribution in [0.2, 0.25) is 0 Å². The van der Waals surface area contributed by atoms with Crippen molar-refractivity contribution in [2.75, 3.05) is 32.7 Å². The Morgan fingerprint density at radius 2 is 1.73 bits per heavy atom. The smallest absolute Gasteiger partial charge is 0.252 e. The molecule has 162 valence electrons.